The lowest BCUT2D eigenvalue weighted by atomic mass is 10.1. The molecule has 0 atom stereocenters. The molecule has 1 aromatic rings. The number of nitrogens with two attached hydrogens (primary N) is 1. The zero-order valence-corrected chi connectivity index (χ0v) is 7.90. The molecule has 4 N–H and O–H groups in total. The number of nitrogens with zero attached hydrogens (tertiary/aromatic N) is 1. The Labute approximate surface area is 82.1 Å². The summed E-state index contributed by atoms with van der Waals surface area (Å²) in [5.41, 5.74) is 8.66. The van der Waals surface area contributed by atoms with Crippen molar-refractivity contribution in [2.75, 3.05) is 11.9 Å². The van der Waals surface area contributed by atoms with Crippen molar-refractivity contribution in [3.05, 3.63) is 29.8 Å². The highest BCUT2D eigenvalue weighted by atomic mass is 16.5. The first kappa shape index (κ1) is 10.5. The highest BCUT2D eigenvalue weighted by Gasteiger charge is 2.09. The van der Waals surface area contributed by atoms with E-state index in [4.69, 9.17) is 10.9 Å². The van der Waals surface area contributed by atoms with Gasteiger partial charge in [-0.3, -0.25) is 4.90 Å². The van der Waals surface area contributed by atoms with Gasteiger partial charge in [0.15, 0.2) is 0 Å². The van der Waals surface area contributed by atoms with Gasteiger partial charge < -0.3 is 10.9 Å². The average Bonchev–Trinajstić information content (AvgIpc) is 2.18. The summed E-state index contributed by atoms with van der Waals surface area (Å²) >= 11 is 0. The number of hydroxylamine groups is 1. The maximum absolute atomic E-state index is 10.9. The van der Waals surface area contributed by atoms with Crippen LogP contribution in [0.4, 0.5) is 10.5 Å². The third kappa shape index (κ3) is 2.21. The van der Waals surface area contributed by atoms with Gasteiger partial charge in [-0.2, -0.15) is 0 Å². The van der Waals surface area contributed by atoms with Gasteiger partial charge in [-0.25, -0.2) is 10.3 Å². The van der Waals surface area contributed by atoms with E-state index in [2.05, 4.69) is 0 Å². The molecule has 0 bridgehead atoms. The minimum absolute atomic E-state index is 0.272. The van der Waals surface area contributed by atoms with Gasteiger partial charge in [0, 0.05) is 19.3 Å². The molecule has 0 fully saturated rings. The van der Waals surface area contributed by atoms with Gasteiger partial charge in [0.2, 0.25) is 0 Å². The number of hydrogen-bond acceptors (Lipinski definition) is 3. The van der Waals surface area contributed by atoms with Crippen LogP contribution in [0.5, 0.6) is 0 Å². The number of nitrogens with one attached hydrogen (secondary N) is 1. The van der Waals surface area contributed by atoms with Crippen molar-refractivity contribution in [1.82, 2.24) is 5.48 Å². The summed E-state index contributed by atoms with van der Waals surface area (Å²) in [5, 5.41) is 8.58. The van der Waals surface area contributed by atoms with Crippen LogP contribution in [-0.4, -0.2) is 18.3 Å². The number of amides is 2. The normalized spacial score (nSPS) is 9.86. The molecule has 0 saturated heterocycles. The van der Waals surface area contributed by atoms with Crippen LogP contribution >= 0.6 is 0 Å². The number of benzene rings is 1. The second-order valence-corrected chi connectivity index (χ2v) is 2.86. The number of para-hydroxylation sites is 1. The smallest absolute Gasteiger partial charge is 0.319 e. The molecule has 76 valence electrons. The molecule has 0 aliphatic rings. The Morgan fingerprint density at radius 2 is 2.21 bits per heavy atom. The number of anilines is 1. The van der Waals surface area contributed by atoms with E-state index in [0.717, 1.165) is 5.56 Å². The van der Waals surface area contributed by atoms with E-state index < -0.39 is 6.03 Å². The molecule has 5 heteroatoms. The monoisotopic (exact) mass is 195 g/mol. The van der Waals surface area contributed by atoms with Crippen LogP contribution in [0, 0.1) is 0 Å². The molecule has 0 radical (unpaired) electrons. The van der Waals surface area contributed by atoms with Crippen molar-refractivity contribution >= 4 is 11.7 Å². The molecular formula is C9H13N3O2. The molecule has 1 aromatic carbocycles. The zero-order chi connectivity index (χ0) is 10.6. The lowest BCUT2D eigenvalue weighted by molar-refractivity contribution is 0.161. The molecule has 0 saturated carbocycles. The van der Waals surface area contributed by atoms with Gasteiger partial charge in [0.05, 0.1) is 0 Å². The molecule has 14 heavy (non-hydrogen) atoms. The van der Waals surface area contributed by atoms with Crippen molar-refractivity contribution in [1.29, 1.82) is 0 Å². The Kier molecular flexibility index (Phi) is 3.44. The highest BCUT2D eigenvalue weighted by Crippen LogP contribution is 2.18. The third-order valence-electron chi connectivity index (χ3n) is 1.95. The van der Waals surface area contributed by atoms with Gasteiger partial charge >= 0.3 is 6.03 Å². The molecule has 2 amide bonds. The van der Waals surface area contributed by atoms with Gasteiger partial charge in [-0.1, -0.05) is 18.2 Å². The van der Waals surface area contributed by atoms with Crippen LogP contribution in [-0.2, 0) is 6.54 Å². The molecule has 0 aliphatic heterocycles. The fraction of sp³-hybridized carbons (Fsp3) is 0.222. The summed E-state index contributed by atoms with van der Waals surface area (Å²) < 4.78 is 0. The van der Waals surface area contributed by atoms with Crippen molar-refractivity contribution in [3.63, 3.8) is 0 Å². The van der Waals surface area contributed by atoms with Crippen molar-refractivity contribution in [3.8, 4) is 0 Å². The van der Waals surface area contributed by atoms with E-state index >= 15 is 0 Å². The summed E-state index contributed by atoms with van der Waals surface area (Å²) in [5.74, 6) is 0. The fourth-order valence-electron chi connectivity index (χ4n) is 1.19. The number of rotatable bonds is 3. The van der Waals surface area contributed by atoms with Crippen LogP contribution < -0.4 is 16.1 Å². The van der Waals surface area contributed by atoms with Crippen LogP contribution in [0.25, 0.3) is 0 Å². The van der Waals surface area contributed by atoms with E-state index in [9.17, 15) is 4.79 Å². The van der Waals surface area contributed by atoms with Gasteiger partial charge in [-0.05, 0) is 11.6 Å². The first-order chi connectivity index (χ1) is 6.66. The Morgan fingerprint density at radius 3 is 2.79 bits per heavy atom. The lowest BCUT2D eigenvalue weighted by Gasteiger charge is -2.17. The first-order valence-corrected chi connectivity index (χ1v) is 4.15. The van der Waals surface area contributed by atoms with Crippen molar-refractivity contribution < 1.29 is 10.0 Å². The van der Waals surface area contributed by atoms with Crippen LogP contribution in [0.15, 0.2) is 24.3 Å². The van der Waals surface area contributed by atoms with Crippen molar-refractivity contribution in [2.24, 2.45) is 5.73 Å². The lowest BCUT2D eigenvalue weighted by Crippen LogP contribution is -2.32. The Bertz CT molecular complexity index is 328. The van der Waals surface area contributed by atoms with Crippen LogP contribution in [0.2, 0.25) is 0 Å². The fourth-order valence-corrected chi connectivity index (χ4v) is 1.19. The first-order valence-electron chi connectivity index (χ1n) is 4.15. The van der Waals surface area contributed by atoms with Crippen molar-refractivity contribution in [2.45, 2.75) is 6.54 Å². The Hall–Kier alpha value is -1.59. The maximum Gasteiger partial charge on any atom is 0.319 e. The van der Waals surface area contributed by atoms with E-state index in [1.807, 2.05) is 11.5 Å². The van der Waals surface area contributed by atoms with Gasteiger partial charge in [0.25, 0.3) is 0 Å². The van der Waals surface area contributed by atoms with E-state index in [1.165, 1.54) is 4.90 Å². The molecule has 1 rings (SSSR count). The summed E-state index contributed by atoms with van der Waals surface area (Å²) in [4.78, 5) is 12.2. The minimum atomic E-state index is -0.532. The van der Waals surface area contributed by atoms with E-state index in [1.54, 1.807) is 25.2 Å². The SMILES string of the molecule is CN(C(N)=O)c1ccccc1CNO. The average molecular weight is 195 g/mol. The Morgan fingerprint density at radius 1 is 1.57 bits per heavy atom. The maximum atomic E-state index is 10.9. The molecule has 0 unspecified atom stereocenters. The van der Waals surface area contributed by atoms with Crippen LogP contribution in [0.3, 0.4) is 0 Å². The number of primary amides is 1. The third-order valence-corrected chi connectivity index (χ3v) is 1.95. The zero-order valence-electron chi connectivity index (χ0n) is 7.90. The number of urea groups is 1. The van der Waals surface area contributed by atoms with E-state index in [-0.39, 0.29) is 6.54 Å². The van der Waals surface area contributed by atoms with E-state index in [0.29, 0.717) is 5.69 Å². The summed E-state index contributed by atoms with van der Waals surface area (Å²) in [6.45, 7) is 0.272. The molecule has 0 aliphatic carbocycles. The summed E-state index contributed by atoms with van der Waals surface area (Å²) in [6.07, 6.45) is 0. The standard InChI is InChI=1S/C9H13N3O2/c1-12(9(10)13)8-5-3-2-4-7(8)6-11-14/h2-5,11,14H,6H2,1H3,(H2,10,13). The largest absolute Gasteiger partial charge is 0.351 e. The predicted octanol–water partition coefficient (Wildman–Crippen LogP) is 0.680. The number of hydrogen-bond donors (Lipinski definition) is 3. The molecule has 0 heterocycles. The predicted molar refractivity (Wildman–Crippen MR) is 53.1 cm³/mol. The second-order valence-electron chi connectivity index (χ2n) is 2.86. The highest BCUT2D eigenvalue weighted by molar-refractivity contribution is 5.90. The van der Waals surface area contributed by atoms with Crippen LogP contribution in [0.1, 0.15) is 5.56 Å². The molecular weight excluding hydrogens is 182 g/mol. The molecule has 0 aromatic heterocycles. The Balaban J connectivity index is 3.00. The quantitative estimate of drug-likeness (QED) is 0.620. The summed E-state index contributed by atoms with van der Waals surface area (Å²) in [6, 6.07) is 6.66. The second kappa shape index (κ2) is 4.59. The van der Waals surface area contributed by atoms with Gasteiger partial charge in [-0.15, -0.1) is 0 Å². The van der Waals surface area contributed by atoms with Gasteiger partial charge in [0.1, 0.15) is 0 Å². The number of carbonyl (C=O) groups excluding carboxylic acids is 1. The number of carbonyl (C=O) groups is 1. The molecule has 5 nitrogen and oxygen atoms in total. The molecule has 0 spiro atoms. The topological polar surface area (TPSA) is 78.6 Å². The summed E-state index contributed by atoms with van der Waals surface area (Å²) in [7, 11) is 1.58. The minimum Gasteiger partial charge on any atom is -0.351 e.